The number of hydrogen-bond acceptors (Lipinski definition) is 1. The van der Waals surface area contributed by atoms with Gasteiger partial charge in [-0.1, -0.05) is 0 Å². The van der Waals surface area contributed by atoms with Gasteiger partial charge in [0.25, 0.3) is 0 Å². The third-order valence-corrected chi connectivity index (χ3v) is 8.54. The average molecular weight is 531 g/mol. The van der Waals surface area contributed by atoms with Crippen LogP contribution in [0, 0.1) is 46.5 Å². The van der Waals surface area contributed by atoms with E-state index in [0.717, 1.165) is 42.5 Å². The van der Waals surface area contributed by atoms with Crippen LogP contribution in [0.25, 0.3) is 0 Å². The zero-order chi connectivity index (χ0) is 25.4. The Bertz CT molecular complexity index is 1420. The molecule has 0 amide bonds. The van der Waals surface area contributed by atoms with Gasteiger partial charge in [0.15, 0.2) is 61.2 Å². The van der Waals surface area contributed by atoms with Gasteiger partial charge in [-0.3, -0.25) is 0 Å². The van der Waals surface area contributed by atoms with Crippen molar-refractivity contribution >= 4 is 21.7 Å². The molecular formula is C24H11F8OS2+. The van der Waals surface area contributed by atoms with Crippen LogP contribution >= 0.6 is 0 Å². The van der Waals surface area contributed by atoms with Crippen LogP contribution < -0.4 is 0 Å². The topological polar surface area (TPSA) is 17.1 Å². The molecule has 0 heterocycles. The molecule has 4 rings (SSSR count). The molecule has 0 fully saturated rings. The molecule has 0 aliphatic heterocycles. The van der Waals surface area contributed by atoms with Crippen molar-refractivity contribution in [2.24, 2.45) is 0 Å². The molecule has 0 N–H and O–H groups in total. The summed E-state index contributed by atoms with van der Waals surface area (Å²) in [5.41, 5.74) is 0. The Hall–Kier alpha value is -3.18. The van der Waals surface area contributed by atoms with Crippen molar-refractivity contribution in [3.05, 3.63) is 113 Å². The van der Waals surface area contributed by atoms with E-state index in [1.165, 1.54) is 0 Å². The molecule has 0 saturated heterocycles. The largest absolute Gasteiger partial charge is 0.249 e. The highest BCUT2D eigenvalue weighted by Crippen LogP contribution is 2.38. The second kappa shape index (κ2) is 9.82. The Morgan fingerprint density at radius 1 is 0.486 bits per heavy atom. The first kappa shape index (κ1) is 24.9. The zero-order valence-corrected chi connectivity index (χ0v) is 18.7. The van der Waals surface area contributed by atoms with Crippen LogP contribution in [0.1, 0.15) is 0 Å². The number of hydrogen-bond donors (Lipinski definition) is 0. The maximum atomic E-state index is 14.4. The van der Waals surface area contributed by atoms with Gasteiger partial charge in [0.2, 0.25) is 0 Å². The van der Waals surface area contributed by atoms with Gasteiger partial charge in [-0.15, -0.1) is 0 Å². The van der Waals surface area contributed by atoms with Crippen LogP contribution in [0.15, 0.2) is 91.2 Å². The first-order valence-corrected chi connectivity index (χ1v) is 11.9. The lowest BCUT2D eigenvalue weighted by molar-refractivity contribution is 0.500. The van der Waals surface area contributed by atoms with Crippen molar-refractivity contribution in [2.75, 3.05) is 0 Å². The first-order chi connectivity index (χ1) is 16.6. The monoisotopic (exact) mass is 531 g/mol. The Morgan fingerprint density at radius 2 is 0.914 bits per heavy atom. The summed E-state index contributed by atoms with van der Waals surface area (Å²) in [5.74, 6) is -10.5. The SMILES string of the molecule is O=S(c1ccc(F)c(F)c1)c1cc(F)c(F)cc1[S+](c1ccc(F)c(F)c1)c1ccc(F)c(F)c1. The second-order valence-electron chi connectivity index (χ2n) is 7.02. The minimum Gasteiger partial charge on any atom is -0.249 e. The average Bonchev–Trinajstić information content (AvgIpc) is 2.82. The molecule has 4 aromatic rings. The van der Waals surface area contributed by atoms with Crippen molar-refractivity contribution in [3.63, 3.8) is 0 Å². The van der Waals surface area contributed by atoms with Crippen molar-refractivity contribution in [3.8, 4) is 0 Å². The van der Waals surface area contributed by atoms with Crippen molar-refractivity contribution < 1.29 is 39.3 Å². The van der Waals surface area contributed by atoms with E-state index in [1.807, 2.05) is 0 Å². The lowest BCUT2D eigenvalue weighted by atomic mass is 10.3. The summed E-state index contributed by atoms with van der Waals surface area (Å²) in [5, 5.41) is 0. The Kier molecular flexibility index (Phi) is 7.00. The highest BCUT2D eigenvalue weighted by molar-refractivity contribution is 7.97. The first-order valence-electron chi connectivity index (χ1n) is 9.57. The molecule has 0 bridgehead atoms. The van der Waals surface area contributed by atoms with Crippen LogP contribution in [0.5, 0.6) is 0 Å². The molecule has 0 saturated carbocycles. The quantitative estimate of drug-likeness (QED) is 0.199. The van der Waals surface area contributed by atoms with E-state index < -0.39 is 73.1 Å². The summed E-state index contributed by atoms with van der Waals surface area (Å²) >= 11 is 0. The van der Waals surface area contributed by atoms with Gasteiger partial charge in [0.05, 0.1) is 10.8 Å². The van der Waals surface area contributed by atoms with E-state index in [-0.39, 0.29) is 19.6 Å². The van der Waals surface area contributed by atoms with E-state index >= 15 is 0 Å². The number of rotatable bonds is 5. The van der Waals surface area contributed by atoms with E-state index in [4.69, 9.17) is 0 Å². The van der Waals surface area contributed by atoms with Gasteiger partial charge in [0.1, 0.15) is 15.8 Å². The third kappa shape index (κ3) is 4.96. The maximum Gasteiger partial charge on any atom is 0.186 e. The van der Waals surface area contributed by atoms with Crippen LogP contribution in [0.2, 0.25) is 0 Å². The summed E-state index contributed by atoms with van der Waals surface area (Å²) in [6, 6.07) is 8.57. The molecule has 11 heteroatoms. The Labute approximate surface area is 198 Å². The van der Waals surface area contributed by atoms with Crippen molar-refractivity contribution in [1.82, 2.24) is 0 Å². The van der Waals surface area contributed by atoms with E-state index in [9.17, 15) is 39.3 Å². The molecule has 1 atom stereocenters. The number of halogens is 8. The second-order valence-corrected chi connectivity index (χ2v) is 10.5. The molecule has 1 nitrogen and oxygen atoms in total. The van der Waals surface area contributed by atoms with E-state index in [2.05, 4.69) is 0 Å². The molecule has 4 aromatic carbocycles. The molecule has 1 unspecified atom stereocenters. The highest BCUT2D eigenvalue weighted by atomic mass is 32.2. The summed E-state index contributed by atoms with van der Waals surface area (Å²) in [6.45, 7) is 0. The summed E-state index contributed by atoms with van der Waals surface area (Å²) in [6.07, 6.45) is 0. The van der Waals surface area contributed by atoms with Crippen molar-refractivity contribution in [2.45, 2.75) is 24.5 Å². The van der Waals surface area contributed by atoms with Gasteiger partial charge < -0.3 is 0 Å². The fourth-order valence-electron chi connectivity index (χ4n) is 3.13. The summed E-state index contributed by atoms with van der Waals surface area (Å²) in [7, 11) is -4.19. The molecular weight excluding hydrogens is 520 g/mol. The molecule has 180 valence electrons. The van der Waals surface area contributed by atoms with E-state index in [0.29, 0.717) is 24.3 Å². The molecule has 35 heavy (non-hydrogen) atoms. The van der Waals surface area contributed by atoms with Crippen LogP contribution in [-0.2, 0) is 21.7 Å². The maximum absolute atomic E-state index is 14.4. The lowest BCUT2D eigenvalue weighted by Gasteiger charge is -2.13. The molecule has 0 aromatic heterocycles. The smallest absolute Gasteiger partial charge is 0.186 e. The van der Waals surface area contributed by atoms with Crippen molar-refractivity contribution in [1.29, 1.82) is 0 Å². The minimum absolute atomic E-state index is 0.0653. The van der Waals surface area contributed by atoms with Crippen LogP contribution in [-0.4, -0.2) is 4.21 Å². The van der Waals surface area contributed by atoms with Gasteiger partial charge in [-0.25, -0.2) is 39.3 Å². The zero-order valence-electron chi connectivity index (χ0n) is 17.1. The standard InChI is InChI=1S/C24H11F8OS2/c25-15-4-1-12(7-18(15)28)34(13-2-5-16(26)19(29)8-13)23-10-21(31)22(32)11-24(23)35(33)14-3-6-17(27)20(30)9-14/h1-11H/q+1. The van der Waals surface area contributed by atoms with Gasteiger partial charge in [0, 0.05) is 23.1 Å². The summed E-state index contributed by atoms with van der Waals surface area (Å²) in [4.78, 5) is -1.12. The normalized spacial score (nSPS) is 12.3. The predicted octanol–water partition coefficient (Wildman–Crippen LogP) is 7.06. The Morgan fingerprint density at radius 3 is 1.40 bits per heavy atom. The molecule has 0 spiro atoms. The molecule has 0 aliphatic rings. The highest BCUT2D eigenvalue weighted by Gasteiger charge is 2.36. The van der Waals surface area contributed by atoms with E-state index in [1.54, 1.807) is 0 Å². The van der Waals surface area contributed by atoms with Gasteiger partial charge in [-0.2, -0.15) is 0 Å². The van der Waals surface area contributed by atoms with Gasteiger partial charge in [-0.05, 0) is 48.5 Å². The Balaban J connectivity index is 2.00. The summed E-state index contributed by atoms with van der Waals surface area (Å²) < 4.78 is 124. The van der Waals surface area contributed by atoms with Crippen LogP contribution in [0.4, 0.5) is 35.1 Å². The molecule has 0 radical (unpaired) electrons. The van der Waals surface area contributed by atoms with Gasteiger partial charge >= 0.3 is 0 Å². The predicted molar refractivity (Wildman–Crippen MR) is 112 cm³/mol. The lowest BCUT2D eigenvalue weighted by Crippen LogP contribution is -2.12. The van der Waals surface area contributed by atoms with Crippen LogP contribution in [0.3, 0.4) is 0 Å². The third-order valence-electron chi connectivity index (χ3n) is 4.76. The number of benzene rings is 4. The molecule has 0 aliphatic carbocycles. The fraction of sp³-hybridized carbons (Fsp3) is 0. The fourth-order valence-corrected chi connectivity index (χ4v) is 6.83. The minimum atomic E-state index is -2.43.